The summed E-state index contributed by atoms with van der Waals surface area (Å²) in [7, 11) is 2.13. The van der Waals surface area contributed by atoms with E-state index < -0.39 is 0 Å². The standard InChI is InChI=1S/C25H44N2O/c1-21(2)10-7-11-22(3)12-8-13-23(4)14-9-15-24(5)20-25(28)27-18-16-26(6)17-19-27/h10,12,14,24H,7-9,11,13,15-20H2,1-6H3/b22-12+,23-14+. The van der Waals surface area contributed by atoms with Crippen LogP contribution in [0, 0.1) is 5.92 Å². The van der Waals surface area contributed by atoms with Gasteiger partial charge in [0.1, 0.15) is 0 Å². The summed E-state index contributed by atoms with van der Waals surface area (Å²) in [6.45, 7) is 14.8. The molecule has 1 aliphatic heterocycles. The molecule has 1 aliphatic rings. The second-order valence-corrected chi connectivity index (χ2v) is 9.03. The number of amides is 1. The molecule has 3 heteroatoms. The van der Waals surface area contributed by atoms with Gasteiger partial charge in [0.25, 0.3) is 0 Å². The van der Waals surface area contributed by atoms with Crippen molar-refractivity contribution in [2.24, 2.45) is 5.92 Å². The number of nitrogens with zero attached hydrogens (tertiary/aromatic N) is 2. The molecule has 0 aromatic rings. The van der Waals surface area contributed by atoms with Gasteiger partial charge in [-0.05, 0) is 79.2 Å². The summed E-state index contributed by atoms with van der Waals surface area (Å²) in [4.78, 5) is 16.7. The molecular weight excluding hydrogens is 344 g/mol. The second kappa shape index (κ2) is 13.8. The highest BCUT2D eigenvalue weighted by molar-refractivity contribution is 5.76. The molecule has 1 unspecified atom stereocenters. The van der Waals surface area contributed by atoms with E-state index in [1.165, 1.54) is 23.1 Å². The van der Waals surface area contributed by atoms with Crippen molar-refractivity contribution in [2.75, 3.05) is 33.2 Å². The van der Waals surface area contributed by atoms with Gasteiger partial charge in [0.15, 0.2) is 0 Å². The van der Waals surface area contributed by atoms with Gasteiger partial charge in [-0.3, -0.25) is 4.79 Å². The highest BCUT2D eigenvalue weighted by Crippen LogP contribution is 2.16. The number of hydrogen-bond acceptors (Lipinski definition) is 2. The first-order chi connectivity index (χ1) is 13.3. The molecule has 0 bridgehead atoms. The van der Waals surface area contributed by atoms with E-state index in [1.807, 2.05) is 4.90 Å². The number of likely N-dealkylation sites (N-methyl/N-ethyl adjacent to an activating group) is 1. The van der Waals surface area contributed by atoms with Gasteiger partial charge >= 0.3 is 0 Å². The van der Waals surface area contributed by atoms with Crippen molar-refractivity contribution >= 4 is 5.91 Å². The van der Waals surface area contributed by atoms with E-state index >= 15 is 0 Å². The topological polar surface area (TPSA) is 23.6 Å². The fourth-order valence-corrected chi connectivity index (χ4v) is 3.54. The lowest BCUT2D eigenvalue weighted by molar-refractivity contribution is -0.133. The van der Waals surface area contributed by atoms with E-state index in [1.54, 1.807) is 0 Å². The van der Waals surface area contributed by atoms with E-state index in [9.17, 15) is 4.79 Å². The highest BCUT2D eigenvalue weighted by Gasteiger charge is 2.20. The number of rotatable bonds is 11. The zero-order valence-corrected chi connectivity index (χ0v) is 19.4. The Morgan fingerprint density at radius 3 is 1.96 bits per heavy atom. The predicted molar refractivity (Wildman–Crippen MR) is 123 cm³/mol. The van der Waals surface area contributed by atoms with Crippen molar-refractivity contribution in [3.8, 4) is 0 Å². The summed E-state index contributed by atoms with van der Waals surface area (Å²) in [5, 5.41) is 0. The molecule has 0 saturated carbocycles. The minimum absolute atomic E-state index is 0.343. The fraction of sp³-hybridized carbons (Fsp3) is 0.720. The van der Waals surface area contributed by atoms with Crippen molar-refractivity contribution < 1.29 is 4.79 Å². The molecular formula is C25H44N2O. The smallest absolute Gasteiger partial charge is 0.222 e. The number of allylic oxidation sites excluding steroid dienone is 6. The maximum atomic E-state index is 12.4. The van der Waals surface area contributed by atoms with Crippen LogP contribution in [0.5, 0.6) is 0 Å². The molecule has 1 rings (SSSR count). The third-order valence-corrected chi connectivity index (χ3v) is 5.65. The van der Waals surface area contributed by atoms with Crippen LogP contribution in [0.3, 0.4) is 0 Å². The minimum atomic E-state index is 0.343. The lowest BCUT2D eigenvalue weighted by atomic mass is 9.99. The quantitative estimate of drug-likeness (QED) is 0.406. The van der Waals surface area contributed by atoms with Crippen LogP contribution < -0.4 is 0 Å². The Hall–Kier alpha value is -1.35. The van der Waals surface area contributed by atoms with E-state index in [2.05, 4.69) is 64.8 Å². The largest absolute Gasteiger partial charge is 0.340 e. The van der Waals surface area contributed by atoms with Crippen LogP contribution in [-0.2, 0) is 4.79 Å². The lowest BCUT2D eigenvalue weighted by Crippen LogP contribution is -2.47. The van der Waals surface area contributed by atoms with Crippen molar-refractivity contribution in [1.29, 1.82) is 0 Å². The SMILES string of the molecule is CC(C)=CCC/C(C)=C/CC/C(C)=C/CCC(C)CC(=O)N1CCN(C)CC1. The third-order valence-electron chi connectivity index (χ3n) is 5.65. The van der Waals surface area contributed by atoms with Crippen LogP contribution in [0.1, 0.15) is 79.6 Å². The summed E-state index contributed by atoms with van der Waals surface area (Å²) in [5.41, 5.74) is 4.39. The Morgan fingerprint density at radius 1 is 0.857 bits per heavy atom. The molecule has 0 spiro atoms. The monoisotopic (exact) mass is 388 g/mol. The first kappa shape index (κ1) is 24.7. The molecule has 0 radical (unpaired) electrons. The highest BCUT2D eigenvalue weighted by atomic mass is 16.2. The van der Waals surface area contributed by atoms with Gasteiger partial charge < -0.3 is 9.80 Å². The maximum Gasteiger partial charge on any atom is 0.222 e. The van der Waals surface area contributed by atoms with Crippen LogP contribution >= 0.6 is 0 Å². The van der Waals surface area contributed by atoms with Gasteiger partial charge in [-0.15, -0.1) is 0 Å². The molecule has 1 atom stereocenters. The zero-order valence-electron chi connectivity index (χ0n) is 19.4. The summed E-state index contributed by atoms with van der Waals surface area (Å²) >= 11 is 0. The molecule has 1 heterocycles. The Balaban J connectivity index is 2.20. The zero-order chi connectivity index (χ0) is 20.9. The van der Waals surface area contributed by atoms with Crippen LogP contribution in [0.25, 0.3) is 0 Å². The van der Waals surface area contributed by atoms with Gasteiger partial charge in [-0.1, -0.05) is 41.9 Å². The van der Waals surface area contributed by atoms with E-state index in [-0.39, 0.29) is 0 Å². The summed E-state index contributed by atoms with van der Waals surface area (Å²) in [6.07, 6.45) is 14.6. The number of hydrogen-bond donors (Lipinski definition) is 0. The second-order valence-electron chi connectivity index (χ2n) is 9.03. The van der Waals surface area contributed by atoms with Gasteiger partial charge in [0.2, 0.25) is 5.91 Å². The van der Waals surface area contributed by atoms with Gasteiger partial charge in [0, 0.05) is 32.6 Å². The summed E-state index contributed by atoms with van der Waals surface area (Å²) < 4.78 is 0. The molecule has 0 aliphatic carbocycles. The fourth-order valence-electron chi connectivity index (χ4n) is 3.54. The first-order valence-corrected chi connectivity index (χ1v) is 11.2. The Labute approximate surface area is 174 Å². The average molecular weight is 389 g/mol. The molecule has 160 valence electrons. The Morgan fingerprint density at radius 2 is 1.39 bits per heavy atom. The first-order valence-electron chi connectivity index (χ1n) is 11.2. The molecule has 0 aromatic carbocycles. The Kier molecular flexibility index (Phi) is 12.1. The summed E-state index contributed by atoms with van der Waals surface area (Å²) in [6, 6.07) is 0. The molecule has 0 aromatic heterocycles. The van der Waals surface area contributed by atoms with Gasteiger partial charge in [-0.2, -0.15) is 0 Å². The Bertz CT molecular complexity index is 547. The third kappa shape index (κ3) is 11.5. The number of carbonyl (C=O) groups is 1. The van der Waals surface area contributed by atoms with Crippen LogP contribution in [0.2, 0.25) is 0 Å². The normalized spacial score (nSPS) is 17.6. The molecule has 1 saturated heterocycles. The average Bonchev–Trinajstić information content (AvgIpc) is 2.61. The molecule has 1 amide bonds. The molecule has 1 fully saturated rings. The molecule has 3 nitrogen and oxygen atoms in total. The van der Waals surface area contributed by atoms with Crippen LogP contribution in [-0.4, -0.2) is 48.9 Å². The van der Waals surface area contributed by atoms with Crippen LogP contribution in [0.4, 0.5) is 0 Å². The van der Waals surface area contributed by atoms with Crippen LogP contribution in [0.15, 0.2) is 34.9 Å². The number of carbonyl (C=O) groups excluding carboxylic acids is 1. The summed E-state index contributed by atoms with van der Waals surface area (Å²) in [5.74, 6) is 0.809. The van der Waals surface area contributed by atoms with Gasteiger partial charge in [0.05, 0.1) is 0 Å². The van der Waals surface area contributed by atoms with Crippen molar-refractivity contribution in [3.63, 3.8) is 0 Å². The lowest BCUT2D eigenvalue weighted by Gasteiger charge is -2.33. The number of piperazine rings is 1. The van der Waals surface area contributed by atoms with Crippen molar-refractivity contribution in [1.82, 2.24) is 9.80 Å². The molecule has 28 heavy (non-hydrogen) atoms. The minimum Gasteiger partial charge on any atom is -0.340 e. The van der Waals surface area contributed by atoms with Gasteiger partial charge in [-0.25, -0.2) is 0 Å². The van der Waals surface area contributed by atoms with Crippen molar-refractivity contribution in [3.05, 3.63) is 34.9 Å². The van der Waals surface area contributed by atoms with Crippen molar-refractivity contribution in [2.45, 2.75) is 79.6 Å². The predicted octanol–water partition coefficient (Wildman–Crippen LogP) is 5.99. The van der Waals surface area contributed by atoms with E-state index in [4.69, 9.17) is 0 Å². The maximum absolute atomic E-state index is 12.4. The van der Waals surface area contributed by atoms with E-state index in [0.717, 1.165) is 58.3 Å². The molecule has 0 N–H and O–H groups in total. The van der Waals surface area contributed by atoms with E-state index in [0.29, 0.717) is 18.2 Å².